The van der Waals surface area contributed by atoms with E-state index < -0.39 is 5.60 Å². The molecule has 1 fully saturated rings. The van der Waals surface area contributed by atoms with Crippen LogP contribution in [0.15, 0.2) is 41.0 Å². The van der Waals surface area contributed by atoms with E-state index in [2.05, 4.69) is 15.2 Å². The van der Waals surface area contributed by atoms with Gasteiger partial charge in [0.15, 0.2) is 0 Å². The molecule has 0 saturated carbocycles. The van der Waals surface area contributed by atoms with Gasteiger partial charge in [-0.25, -0.2) is 4.79 Å². The van der Waals surface area contributed by atoms with Crippen molar-refractivity contribution in [3.8, 4) is 0 Å². The minimum atomic E-state index is -0.506. The Morgan fingerprint density at radius 1 is 1.06 bits per heavy atom. The van der Waals surface area contributed by atoms with Gasteiger partial charge in [0.2, 0.25) is 11.8 Å². The molecule has 3 amide bonds. The van der Waals surface area contributed by atoms with E-state index in [1.807, 2.05) is 45.0 Å². The summed E-state index contributed by atoms with van der Waals surface area (Å²) < 4.78 is 5.45. The fourth-order valence-electron chi connectivity index (χ4n) is 4.01. The highest BCUT2D eigenvalue weighted by atomic mass is 16.6. The van der Waals surface area contributed by atoms with E-state index in [1.165, 1.54) is 0 Å². The first-order valence-electron chi connectivity index (χ1n) is 12.4. The molecule has 0 bridgehead atoms. The Morgan fingerprint density at radius 3 is 2.33 bits per heavy atom. The number of aliphatic imine (C=N–C) groups is 1. The van der Waals surface area contributed by atoms with Crippen molar-refractivity contribution in [3.63, 3.8) is 0 Å². The molecule has 2 aliphatic rings. The van der Waals surface area contributed by atoms with Crippen LogP contribution in [0.3, 0.4) is 0 Å². The molecule has 0 spiro atoms. The third kappa shape index (κ3) is 8.00. The van der Waals surface area contributed by atoms with E-state index in [0.29, 0.717) is 56.5 Å². The summed E-state index contributed by atoms with van der Waals surface area (Å²) in [4.78, 5) is 47.3. The summed E-state index contributed by atoms with van der Waals surface area (Å²) in [5, 5.41) is 2.86. The number of piperazine rings is 1. The standard InChI is InChI=1S/C26H38N6O4/c1-19(27)18-22-28-12-5-13-32(22)24(34)11-10-23(33)29-20-6-8-21(9-7-20)30-14-16-31(17-15-30)25(35)36-26(2,3)4/h6-9,18H,5,10-17,27H2,1-4H3,(H,29,33). The molecule has 36 heavy (non-hydrogen) atoms. The Bertz CT molecular complexity index is 1000. The predicted octanol–water partition coefficient (Wildman–Crippen LogP) is 2.96. The highest BCUT2D eigenvalue weighted by Crippen LogP contribution is 2.21. The minimum Gasteiger partial charge on any atom is -0.444 e. The van der Waals surface area contributed by atoms with Gasteiger partial charge in [-0.2, -0.15) is 0 Å². The summed E-state index contributed by atoms with van der Waals surface area (Å²) in [6.45, 7) is 11.2. The largest absolute Gasteiger partial charge is 0.444 e. The van der Waals surface area contributed by atoms with Crippen LogP contribution in [0.4, 0.5) is 16.2 Å². The molecule has 1 aromatic rings. The maximum Gasteiger partial charge on any atom is 0.410 e. The second-order valence-electron chi connectivity index (χ2n) is 10.1. The third-order valence-electron chi connectivity index (χ3n) is 5.76. The molecule has 2 aliphatic heterocycles. The molecular weight excluding hydrogens is 460 g/mol. The molecular formula is C26H38N6O4. The van der Waals surface area contributed by atoms with Crippen molar-refractivity contribution in [1.82, 2.24) is 9.80 Å². The number of carbonyl (C=O) groups is 3. The van der Waals surface area contributed by atoms with E-state index >= 15 is 0 Å². The van der Waals surface area contributed by atoms with Crippen molar-refractivity contribution in [2.75, 3.05) is 49.5 Å². The zero-order valence-corrected chi connectivity index (χ0v) is 21.7. The highest BCUT2D eigenvalue weighted by molar-refractivity contribution is 6.05. The Kier molecular flexibility index (Phi) is 8.95. The quantitative estimate of drug-likeness (QED) is 0.622. The maximum absolute atomic E-state index is 12.7. The molecule has 10 nitrogen and oxygen atoms in total. The number of nitrogens with one attached hydrogen (secondary N) is 1. The van der Waals surface area contributed by atoms with Crippen molar-refractivity contribution < 1.29 is 19.1 Å². The lowest BCUT2D eigenvalue weighted by atomic mass is 10.2. The topological polar surface area (TPSA) is 121 Å². The highest BCUT2D eigenvalue weighted by Gasteiger charge is 2.26. The van der Waals surface area contributed by atoms with Gasteiger partial charge in [0, 0.05) is 69.2 Å². The SMILES string of the molecule is CC(N)=CC1=NCCCN1C(=O)CCC(=O)Nc1ccc(N2CCN(C(=O)OC(C)(C)C)CC2)cc1. The summed E-state index contributed by atoms with van der Waals surface area (Å²) >= 11 is 0. The maximum atomic E-state index is 12.7. The fraction of sp³-hybridized carbons (Fsp3) is 0.538. The number of nitrogens with two attached hydrogens (primary N) is 1. The van der Waals surface area contributed by atoms with Crippen LogP contribution >= 0.6 is 0 Å². The van der Waals surface area contributed by atoms with Gasteiger partial charge in [-0.15, -0.1) is 0 Å². The number of benzene rings is 1. The minimum absolute atomic E-state index is 0.0856. The van der Waals surface area contributed by atoms with Crippen LogP contribution in [0, 0.1) is 0 Å². The van der Waals surface area contributed by atoms with Crippen molar-refractivity contribution in [2.45, 2.75) is 52.6 Å². The van der Waals surface area contributed by atoms with E-state index in [-0.39, 0.29) is 30.7 Å². The molecule has 0 unspecified atom stereocenters. The van der Waals surface area contributed by atoms with Crippen molar-refractivity contribution >= 4 is 35.1 Å². The van der Waals surface area contributed by atoms with E-state index in [9.17, 15) is 14.4 Å². The average molecular weight is 499 g/mol. The van der Waals surface area contributed by atoms with E-state index in [4.69, 9.17) is 10.5 Å². The molecule has 1 saturated heterocycles. The normalized spacial score (nSPS) is 16.9. The summed E-state index contributed by atoms with van der Waals surface area (Å²) in [6, 6.07) is 7.59. The van der Waals surface area contributed by atoms with E-state index in [1.54, 1.807) is 22.8 Å². The van der Waals surface area contributed by atoms with Crippen LogP contribution in [-0.4, -0.2) is 78.4 Å². The van der Waals surface area contributed by atoms with Crippen LogP contribution in [0.25, 0.3) is 0 Å². The van der Waals surface area contributed by atoms with Crippen LogP contribution in [0.1, 0.15) is 47.0 Å². The number of ether oxygens (including phenoxy) is 1. The lowest BCUT2D eigenvalue weighted by Crippen LogP contribution is -2.50. The van der Waals surface area contributed by atoms with Gasteiger partial charge in [-0.05, 0) is 64.5 Å². The summed E-state index contributed by atoms with van der Waals surface area (Å²) in [7, 11) is 0. The number of anilines is 2. The number of nitrogens with zero attached hydrogens (tertiary/aromatic N) is 4. The molecule has 196 valence electrons. The lowest BCUT2D eigenvalue weighted by molar-refractivity contribution is -0.129. The lowest BCUT2D eigenvalue weighted by Gasteiger charge is -2.36. The summed E-state index contributed by atoms with van der Waals surface area (Å²) in [5.41, 5.74) is 7.51. The summed E-state index contributed by atoms with van der Waals surface area (Å²) in [5.74, 6) is 0.208. The first-order chi connectivity index (χ1) is 17.0. The fourth-order valence-corrected chi connectivity index (χ4v) is 4.01. The third-order valence-corrected chi connectivity index (χ3v) is 5.76. The molecule has 2 heterocycles. The van der Waals surface area contributed by atoms with Crippen molar-refractivity contribution in [3.05, 3.63) is 36.0 Å². The van der Waals surface area contributed by atoms with Crippen LogP contribution in [0.5, 0.6) is 0 Å². The number of hydrogen-bond donors (Lipinski definition) is 2. The number of amidine groups is 1. The Hall–Kier alpha value is -3.56. The number of amides is 3. The monoisotopic (exact) mass is 498 g/mol. The van der Waals surface area contributed by atoms with Gasteiger partial charge in [-0.1, -0.05) is 0 Å². The van der Waals surface area contributed by atoms with Crippen LogP contribution in [0.2, 0.25) is 0 Å². The molecule has 0 aromatic heterocycles. The van der Waals surface area contributed by atoms with Gasteiger partial charge in [-0.3, -0.25) is 19.5 Å². The molecule has 3 N–H and O–H groups in total. The van der Waals surface area contributed by atoms with Gasteiger partial charge in [0.1, 0.15) is 11.4 Å². The number of hydrogen-bond acceptors (Lipinski definition) is 7. The predicted molar refractivity (Wildman–Crippen MR) is 141 cm³/mol. The Balaban J connectivity index is 1.45. The molecule has 1 aromatic carbocycles. The van der Waals surface area contributed by atoms with Gasteiger partial charge in [0.05, 0.1) is 0 Å². The average Bonchev–Trinajstić information content (AvgIpc) is 2.82. The van der Waals surface area contributed by atoms with Crippen LogP contribution < -0.4 is 16.0 Å². The van der Waals surface area contributed by atoms with Crippen molar-refractivity contribution in [1.29, 1.82) is 0 Å². The van der Waals surface area contributed by atoms with Crippen molar-refractivity contribution in [2.24, 2.45) is 10.7 Å². The number of allylic oxidation sites excluding steroid dienone is 1. The van der Waals surface area contributed by atoms with Gasteiger partial charge in [0.25, 0.3) is 0 Å². The number of carbonyl (C=O) groups excluding carboxylic acids is 3. The Morgan fingerprint density at radius 2 is 1.72 bits per heavy atom. The molecule has 0 aliphatic carbocycles. The molecule has 3 rings (SSSR count). The zero-order chi connectivity index (χ0) is 26.3. The molecule has 0 atom stereocenters. The Labute approximate surface area is 213 Å². The first-order valence-corrected chi connectivity index (χ1v) is 12.4. The van der Waals surface area contributed by atoms with Crippen LogP contribution in [-0.2, 0) is 14.3 Å². The molecule has 10 heteroatoms. The smallest absolute Gasteiger partial charge is 0.410 e. The number of rotatable bonds is 6. The van der Waals surface area contributed by atoms with Gasteiger partial charge >= 0.3 is 6.09 Å². The van der Waals surface area contributed by atoms with Gasteiger partial charge < -0.3 is 25.6 Å². The second-order valence-corrected chi connectivity index (χ2v) is 10.1. The second kappa shape index (κ2) is 11.9. The molecule has 0 radical (unpaired) electrons. The summed E-state index contributed by atoms with van der Waals surface area (Å²) in [6.07, 6.45) is 2.38. The zero-order valence-electron chi connectivity index (χ0n) is 21.7. The first kappa shape index (κ1) is 27.0. The van der Waals surface area contributed by atoms with E-state index in [0.717, 1.165) is 12.1 Å².